The van der Waals surface area contributed by atoms with Crippen LogP contribution in [0.5, 0.6) is 5.75 Å². The fourth-order valence-corrected chi connectivity index (χ4v) is 3.34. The van der Waals surface area contributed by atoms with Gasteiger partial charge in [0.1, 0.15) is 5.75 Å². The number of amides is 1. The molecular weight excluding hydrogens is 465 g/mol. The summed E-state index contributed by atoms with van der Waals surface area (Å²) in [5.74, 6) is -0.806. The number of benzene rings is 2. The Kier molecular flexibility index (Phi) is 10.1. The average molecular weight is 495 g/mol. The number of rotatable bonds is 10. The van der Waals surface area contributed by atoms with Crippen LogP contribution in [-0.2, 0) is 23.9 Å². The highest BCUT2D eigenvalue weighted by molar-refractivity contribution is 5.87. The number of carbonyl (C=O) groups excluding carboxylic acids is 1. The number of fused-ring (bicyclic) bond motifs is 1. The topological polar surface area (TPSA) is 102 Å². The second kappa shape index (κ2) is 12.8. The van der Waals surface area contributed by atoms with Crippen molar-refractivity contribution in [2.45, 2.75) is 59.2 Å². The number of hydrogen-bond acceptors (Lipinski definition) is 5. The molecule has 1 aromatic heterocycles. The predicted octanol–water partition coefficient (Wildman–Crippen LogP) is 6.00. The summed E-state index contributed by atoms with van der Waals surface area (Å²) in [6, 6.07) is 8.95. The number of alkyl halides is 3. The zero-order valence-corrected chi connectivity index (χ0v) is 19.9. The van der Waals surface area contributed by atoms with E-state index < -0.39 is 17.8 Å². The molecule has 2 aromatic carbocycles. The van der Waals surface area contributed by atoms with Crippen LogP contribution in [0.25, 0.3) is 11.0 Å². The number of carboxylic acid groups (broad SMARTS) is 1. The summed E-state index contributed by atoms with van der Waals surface area (Å²) in [4.78, 5) is 22.9. The van der Waals surface area contributed by atoms with Gasteiger partial charge in [0.15, 0.2) is 11.3 Å². The normalized spacial score (nSPS) is 11.0. The van der Waals surface area contributed by atoms with Gasteiger partial charge in [0.05, 0.1) is 17.6 Å². The van der Waals surface area contributed by atoms with Crippen LogP contribution >= 0.6 is 0 Å². The number of nitrogens with one attached hydrogen (secondary N) is 1. The standard InChI is InChI=1S/C23H23F3N2O5.C2H6/c1-2-4-16-18(11-10-17-20(16)33-28-21(17)23(24,25)26)32-12-3-5-19(29)27-13-14-6-8-15(9-7-14)22(30)31;1-2/h6-11H,2-5,12-13H2,1H3,(H,27,29)(H,30,31);1-2H3. The van der Waals surface area contributed by atoms with Crippen LogP contribution in [0, 0.1) is 0 Å². The average Bonchev–Trinajstić information content (AvgIpc) is 3.28. The van der Waals surface area contributed by atoms with E-state index in [1.54, 1.807) is 12.1 Å². The fourth-order valence-electron chi connectivity index (χ4n) is 3.34. The minimum Gasteiger partial charge on any atom is -0.493 e. The molecule has 0 saturated carbocycles. The van der Waals surface area contributed by atoms with Crippen LogP contribution in [0.4, 0.5) is 13.2 Å². The molecule has 3 aromatic rings. The molecule has 0 atom stereocenters. The van der Waals surface area contributed by atoms with Crippen molar-refractivity contribution in [3.63, 3.8) is 0 Å². The van der Waals surface area contributed by atoms with E-state index in [-0.39, 0.29) is 42.0 Å². The van der Waals surface area contributed by atoms with Gasteiger partial charge in [-0.25, -0.2) is 4.79 Å². The lowest BCUT2D eigenvalue weighted by Gasteiger charge is -2.12. The Balaban J connectivity index is 0.00000210. The van der Waals surface area contributed by atoms with Gasteiger partial charge in [-0.15, -0.1) is 0 Å². The molecule has 0 spiro atoms. The first-order valence-electron chi connectivity index (χ1n) is 11.4. The molecule has 0 radical (unpaired) electrons. The zero-order valence-electron chi connectivity index (χ0n) is 19.9. The monoisotopic (exact) mass is 494 g/mol. The minimum absolute atomic E-state index is 0.0633. The van der Waals surface area contributed by atoms with E-state index in [0.717, 1.165) is 5.56 Å². The van der Waals surface area contributed by atoms with Crippen molar-refractivity contribution in [1.82, 2.24) is 10.5 Å². The molecule has 0 aliphatic heterocycles. The molecule has 0 bridgehead atoms. The van der Waals surface area contributed by atoms with Gasteiger partial charge in [-0.05, 0) is 42.7 Å². The molecule has 190 valence electrons. The van der Waals surface area contributed by atoms with Crippen molar-refractivity contribution in [2.75, 3.05) is 6.61 Å². The molecule has 3 rings (SSSR count). The first kappa shape index (κ1) is 27.7. The van der Waals surface area contributed by atoms with E-state index in [1.807, 2.05) is 20.8 Å². The Morgan fingerprint density at radius 3 is 2.40 bits per heavy atom. The number of aryl methyl sites for hydroxylation is 1. The first-order valence-corrected chi connectivity index (χ1v) is 11.4. The lowest BCUT2D eigenvalue weighted by Crippen LogP contribution is -2.23. The molecule has 0 aliphatic rings. The van der Waals surface area contributed by atoms with Crippen molar-refractivity contribution in [1.29, 1.82) is 0 Å². The van der Waals surface area contributed by atoms with E-state index >= 15 is 0 Å². The molecule has 0 unspecified atom stereocenters. The highest BCUT2D eigenvalue weighted by atomic mass is 19.4. The van der Waals surface area contributed by atoms with Crippen molar-refractivity contribution < 1.29 is 37.1 Å². The quantitative estimate of drug-likeness (QED) is 0.335. The number of halogens is 3. The molecule has 1 amide bonds. The van der Waals surface area contributed by atoms with Crippen molar-refractivity contribution in [3.8, 4) is 5.75 Å². The Hall–Kier alpha value is -3.56. The van der Waals surface area contributed by atoms with Crippen LogP contribution in [0.3, 0.4) is 0 Å². The summed E-state index contributed by atoms with van der Waals surface area (Å²) in [6.45, 7) is 6.36. The Bertz CT molecular complexity index is 1120. The summed E-state index contributed by atoms with van der Waals surface area (Å²) < 4.78 is 50.0. The molecule has 35 heavy (non-hydrogen) atoms. The second-order valence-corrected chi connectivity index (χ2v) is 7.43. The summed E-state index contributed by atoms with van der Waals surface area (Å²) in [5.41, 5.74) is 0.464. The number of carbonyl (C=O) groups is 2. The molecular formula is C25H29F3N2O5. The number of hydrogen-bond donors (Lipinski definition) is 2. The van der Waals surface area contributed by atoms with Crippen molar-refractivity contribution in [2.24, 2.45) is 0 Å². The predicted molar refractivity (Wildman–Crippen MR) is 124 cm³/mol. The summed E-state index contributed by atoms with van der Waals surface area (Å²) in [6.07, 6.45) is -2.88. The number of aromatic nitrogens is 1. The van der Waals surface area contributed by atoms with E-state index in [2.05, 4.69) is 10.5 Å². The summed E-state index contributed by atoms with van der Waals surface area (Å²) >= 11 is 0. The van der Waals surface area contributed by atoms with Crippen LogP contribution in [-0.4, -0.2) is 28.7 Å². The van der Waals surface area contributed by atoms with Crippen LogP contribution in [0.2, 0.25) is 0 Å². The van der Waals surface area contributed by atoms with E-state index in [9.17, 15) is 22.8 Å². The maximum absolute atomic E-state index is 13.1. The lowest BCUT2D eigenvalue weighted by atomic mass is 10.0. The third kappa shape index (κ3) is 7.46. The largest absolute Gasteiger partial charge is 0.493 e. The van der Waals surface area contributed by atoms with Crippen LogP contribution in [0.1, 0.15) is 67.2 Å². The number of ether oxygens (including phenoxy) is 1. The fraction of sp³-hybridized carbons (Fsp3) is 0.400. The van der Waals surface area contributed by atoms with Gasteiger partial charge in [0, 0.05) is 18.5 Å². The zero-order chi connectivity index (χ0) is 26.0. The van der Waals surface area contributed by atoms with Crippen molar-refractivity contribution >= 4 is 22.8 Å². The number of nitrogens with zero attached hydrogens (tertiary/aromatic N) is 1. The van der Waals surface area contributed by atoms with Crippen LogP contribution in [0.15, 0.2) is 40.9 Å². The van der Waals surface area contributed by atoms with Gasteiger partial charge < -0.3 is 19.7 Å². The van der Waals surface area contributed by atoms with E-state index in [4.69, 9.17) is 14.4 Å². The summed E-state index contributed by atoms with van der Waals surface area (Å²) in [5, 5.41) is 14.7. The highest BCUT2D eigenvalue weighted by Crippen LogP contribution is 2.38. The Morgan fingerprint density at radius 2 is 1.80 bits per heavy atom. The SMILES string of the molecule is CC.CCCc1c(OCCCC(=O)NCc2ccc(C(=O)O)cc2)ccc2c(C(F)(F)F)noc12. The number of aromatic carboxylic acids is 1. The molecule has 0 fully saturated rings. The maximum Gasteiger partial charge on any atom is 0.437 e. The van der Waals surface area contributed by atoms with Crippen LogP contribution < -0.4 is 10.1 Å². The Morgan fingerprint density at radius 1 is 1.11 bits per heavy atom. The van der Waals surface area contributed by atoms with E-state index in [0.29, 0.717) is 30.6 Å². The van der Waals surface area contributed by atoms with Gasteiger partial charge in [0.2, 0.25) is 5.91 Å². The van der Waals surface area contributed by atoms with Gasteiger partial charge in [0.25, 0.3) is 0 Å². The number of carboxylic acids is 1. The molecule has 0 aliphatic carbocycles. The molecule has 10 heteroatoms. The molecule has 7 nitrogen and oxygen atoms in total. The lowest BCUT2D eigenvalue weighted by molar-refractivity contribution is -0.141. The van der Waals surface area contributed by atoms with Gasteiger partial charge in [-0.2, -0.15) is 13.2 Å². The first-order chi connectivity index (χ1) is 16.7. The minimum atomic E-state index is -4.61. The van der Waals surface area contributed by atoms with Gasteiger partial charge in [-0.3, -0.25) is 4.79 Å². The van der Waals surface area contributed by atoms with Crippen molar-refractivity contribution in [3.05, 3.63) is 58.8 Å². The van der Waals surface area contributed by atoms with Gasteiger partial charge in [-0.1, -0.05) is 44.5 Å². The third-order valence-corrected chi connectivity index (χ3v) is 4.97. The Labute approximate surface area is 201 Å². The smallest absolute Gasteiger partial charge is 0.437 e. The molecule has 1 heterocycles. The van der Waals surface area contributed by atoms with Gasteiger partial charge >= 0.3 is 12.1 Å². The highest BCUT2D eigenvalue weighted by Gasteiger charge is 2.37. The third-order valence-electron chi connectivity index (χ3n) is 4.97. The molecule has 0 saturated heterocycles. The molecule has 2 N–H and O–H groups in total. The van der Waals surface area contributed by atoms with E-state index in [1.165, 1.54) is 24.3 Å². The maximum atomic E-state index is 13.1. The summed E-state index contributed by atoms with van der Waals surface area (Å²) in [7, 11) is 0. The second-order valence-electron chi connectivity index (χ2n) is 7.43.